The van der Waals surface area contributed by atoms with Gasteiger partial charge in [0.15, 0.2) is 0 Å². The zero-order valence-corrected chi connectivity index (χ0v) is 35.1. The van der Waals surface area contributed by atoms with Gasteiger partial charge in [0.05, 0.1) is 0 Å². The molecule has 0 N–H and O–H groups in total. The summed E-state index contributed by atoms with van der Waals surface area (Å²) in [5.41, 5.74) is 2.53. The van der Waals surface area contributed by atoms with E-state index in [1.54, 1.807) is 5.57 Å². The zero-order valence-electron chi connectivity index (χ0n) is 35.1. The molecule has 0 aliphatic heterocycles. The van der Waals surface area contributed by atoms with Gasteiger partial charge in [-0.3, -0.25) is 4.79 Å². The molecule has 0 unspecified atom stereocenters. The summed E-state index contributed by atoms with van der Waals surface area (Å²) >= 11 is 0. The summed E-state index contributed by atoms with van der Waals surface area (Å²) < 4.78 is 6.15. The maximum absolute atomic E-state index is 12.9. The second kappa shape index (κ2) is 22.4. The van der Waals surface area contributed by atoms with E-state index in [-0.39, 0.29) is 12.1 Å². The highest BCUT2D eigenvalue weighted by Crippen LogP contribution is 2.67. The molecule has 4 aliphatic carbocycles. The molecular weight excluding hydrogens is 621 g/mol. The fourth-order valence-corrected chi connectivity index (χ4v) is 12.0. The van der Waals surface area contributed by atoms with Crippen LogP contribution in [0.4, 0.5) is 0 Å². The van der Waals surface area contributed by atoms with E-state index in [4.69, 9.17) is 4.74 Å². The molecular formula is C49H86O2. The van der Waals surface area contributed by atoms with E-state index in [1.807, 2.05) is 0 Å². The van der Waals surface area contributed by atoms with Crippen molar-refractivity contribution < 1.29 is 9.53 Å². The number of hydrogen-bond donors (Lipinski definition) is 0. The van der Waals surface area contributed by atoms with Crippen LogP contribution in [0.2, 0.25) is 0 Å². The van der Waals surface area contributed by atoms with Gasteiger partial charge in [-0.15, -0.1) is 0 Å². The van der Waals surface area contributed by atoms with Crippen LogP contribution in [0.15, 0.2) is 23.8 Å². The summed E-state index contributed by atoms with van der Waals surface area (Å²) in [6.07, 6.45) is 45.4. The lowest BCUT2D eigenvalue weighted by molar-refractivity contribution is -0.151. The van der Waals surface area contributed by atoms with Gasteiger partial charge in [-0.25, -0.2) is 0 Å². The molecule has 8 atom stereocenters. The molecule has 0 aromatic rings. The topological polar surface area (TPSA) is 26.3 Å². The molecule has 0 spiro atoms. The molecule has 4 aliphatic rings. The van der Waals surface area contributed by atoms with Crippen LogP contribution < -0.4 is 0 Å². The van der Waals surface area contributed by atoms with E-state index < -0.39 is 0 Å². The van der Waals surface area contributed by atoms with E-state index >= 15 is 0 Å². The van der Waals surface area contributed by atoms with Crippen LogP contribution >= 0.6 is 0 Å². The SMILES string of the molecule is CCCCCCCC/C=C\CCCCCCCCCCCC(=O)O[C@H]1CC[C@@]2(C)C(=CC[C@@H]3[C@H]4CC[C@@H]([C@H](C)CCCC(C)C)[C@]4(C)CC[C@H]32)C1. The van der Waals surface area contributed by atoms with Crippen molar-refractivity contribution in [3.63, 3.8) is 0 Å². The lowest BCUT2D eigenvalue weighted by atomic mass is 9.47. The molecule has 4 rings (SSSR count). The molecule has 2 heteroatoms. The number of esters is 1. The summed E-state index contributed by atoms with van der Waals surface area (Å²) in [4.78, 5) is 12.9. The summed E-state index contributed by atoms with van der Waals surface area (Å²) in [6.45, 7) is 15.0. The Kier molecular flexibility index (Phi) is 18.7. The standard InChI is InChI=1S/C49H86O2/c1-7-8-9-10-11-12-13-14-15-16-17-18-19-20-21-22-23-24-25-29-47(50)51-42-34-36-48(5)41(38-42)30-31-43-45-33-32-44(40(4)28-26-27-39(2)3)49(45,6)37-35-46(43)48/h14-15,30,39-40,42-46H,7-13,16-29,31-38H2,1-6H3/b15-14-/t40-,42+,43-,44+,45-,46-,48+,49+/m1/s1. The summed E-state index contributed by atoms with van der Waals surface area (Å²) in [6, 6.07) is 0. The lowest BCUT2D eigenvalue weighted by Gasteiger charge is -2.58. The minimum absolute atomic E-state index is 0.0619. The average molecular weight is 707 g/mol. The minimum Gasteiger partial charge on any atom is -0.462 e. The van der Waals surface area contributed by atoms with Gasteiger partial charge in [0.25, 0.3) is 0 Å². The predicted molar refractivity (Wildman–Crippen MR) is 221 cm³/mol. The first-order valence-corrected chi connectivity index (χ1v) is 23.2. The highest BCUT2D eigenvalue weighted by atomic mass is 16.5. The first kappa shape index (κ1) is 42.7. The maximum Gasteiger partial charge on any atom is 0.306 e. The number of allylic oxidation sites excluding steroid dienone is 3. The second-order valence-electron chi connectivity index (χ2n) is 19.4. The van der Waals surface area contributed by atoms with Crippen molar-refractivity contribution >= 4 is 5.97 Å². The molecule has 0 amide bonds. The third-order valence-corrected chi connectivity index (χ3v) is 15.2. The van der Waals surface area contributed by atoms with E-state index in [0.29, 0.717) is 17.3 Å². The summed E-state index contributed by atoms with van der Waals surface area (Å²) in [5, 5.41) is 0. The lowest BCUT2D eigenvalue weighted by Crippen LogP contribution is -2.51. The van der Waals surface area contributed by atoms with Gasteiger partial charge in [0.2, 0.25) is 0 Å². The van der Waals surface area contributed by atoms with Crippen molar-refractivity contribution in [1.82, 2.24) is 0 Å². The van der Waals surface area contributed by atoms with Crippen molar-refractivity contribution in [3.8, 4) is 0 Å². The van der Waals surface area contributed by atoms with E-state index in [0.717, 1.165) is 54.8 Å². The highest BCUT2D eigenvalue weighted by Gasteiger charge is 2.59. The number of ether oxygens (including phenoxy) is 1. The van der Waals surface area contributed by atoms with Gasteiger partial charge < -0.3 is 4.74 Å². The number of fused-ring (bicyclic) bond motifs is 5. The predicted octanol–water partition coefficient (Wildman–Crippen LogP) is 15.5. The average Bonchev–Trinajstić information content (AvgIpc) is 3.46. The maximum atomic E-state index is 12.9. The first-order valence-electron chi connectivity index (χ1n) is 23.2. The van der Waals surface area contributed by atoms with Gasteiger partial charge in [-0.2, -0.15) is 0 Å². The van der Waals surface area contributed by atoms with Gasteiger partial charge >= 0.3 is 5.97 Å². The molecule has 3 saturated carbocycles. The number of carbonyl (C=O) groups excluding carboxylic acids is 1. The van der Waals surface area contributed by atoms with Crippen molar-refractivity contribution in [2.24, 2.45) is 46.3 Å². The Labute approximate surface area is 318 Å². The van der Waals surface area contributed by atoms with Crippen molar-refractivity contribution in [2.75, 3.05) is 0 Å². The van der Waals surface area contributed by atoms with Crippen LogP contribution in [0.1, 0.15) is 228 Å². The molecule has 294 valence electrons. The third-order valence-electron chi connectivity index (χ3n) is 15.2. The van der Waals surface area contributed by atoms with Gasteiger partial charge in [0.1, 0.15) is 6.10 Å². The normalized spacial score (nSPS) is 31.0. The van der Waals surface area contributed by atoms with E-state index in [9.17, 15) is 4.79 Å². The molecule has 0 saturated heterocycles. The van der Waals surface area contributed by atoms with Crippen LogP contribution in [0.3, 0.4) is 0 Å². The number of rotatable bonds is 25. The molecule has 0 aromatic carbocycles. The van der Waals surface area contributed by atoms with E-state index in [1.165, 1.54) is 161 Å². The zero-order chi connectivity index (χ0) is 36.5. The van der Waals surface area contributed by atoms with Crippen LogP contribution in [0.5, 0.6) is 0 Å². The number of unbranched alkanes of at least 4 members (excludes halogenated alkanes) is 15. The molecule has 2 nitrogen and oxygen atoms in total. The fourth-order valence-electron chi connectivity index (χ4n) is 12.0. The molecule has 0 radical (unpaired) electrons. The van der Waals surface area contributed by atoms with Gasteiger partial charge in [-0.1, -0.05) is 162 Å². The molecule has 51 heavy (non-hydrogen) atoms. The Hall–Kier alpha value is -1.05. The Morgan fingerprint density at radius 3 is 2.02 bits per heavy atom. The van der Waals surface area contributed by atoms with Crippen LogP contribution in [-0.4, -0.2) is 12.1 Å². The molecule has 0 aromatic heterocycles. The summed E-state index contributed by atoms with van der Waals surface area (Å²) in [5.74, 6) is 5.32. The van der Waals surface area contributed by atoms with Crippen molar-refractivity contribution in [2.45, 2.75) is 234 Å². The number of hydrogen-bond acceptors (Lipinski definition) is 2. The molecule has 0 bridgehead atoms. The Morgan fingerprint density at radius 1 is 0.745 bits per heavy atom. The van der Waals surface area contributed by atoms with Crippen LogP contribution in [0.25, 0.3) is 0 Å². The van der Waals surface area contributed by atoms with Crippen LogP contribution in [-0.2, 0) is 9.53 Å². The quantitative estimate of drug-likeness (QED) is 0.0537. The Bertz CT molecular complexity index is 1040. The largest absolute Gasteiger partial charge is 0.462 e. The van der Waals surface area contributed by atoms with Crippen LogP contribution in [0, 0.1) is 46.3 Å². The molecule has 3 fully saturated rings. The van der Waals surface area contributed by atoms with Crippen molar-refractivity contribution in [1.29, 1.82) is 0 Å². The third kappa shape index (κ3) is 12.8. The number of carbonyl (C=O) groups is 1. The highest BCUT2D eigenvalue weighted by molar-refractivity contribution is 5.69. The van der Waals surface area contributed by atoms with E-state index in [2.05, 4.69) is 59.8 Å². The Balaban J connectivity index is 1.04. The smallest absolute Gasteiger partial charge is 0.306 e. The van der Waals surface area contributed by atoms with Gasteiger partial charge in [0, 0.05) is 12.8 Å². The monoisotopic (exact) mass is 707 g/mol. The first-order chi connectivity index (χ1) is 24.7. The second-order valence-corrected chi connectivity index (χ2v) is 19.4. The van der Waals surface area contributed by atoms with Crippen molar-refractivity contribution in [3.05, 3.63) is 23.8 Å². The summed E-state index contributed by atoms with van der Waals surface area (Å²) in [7, 11) is 0. The minimum atomic E-state index is 0.0619. The van der Waals surface area contributed by atoms with Gasteiger partial charge in [-0.05, 0) is 123 Å². The Morgan fingerprint density at radius 2 is 1.37 bits per heavy atom. The fraction of sp³-hybridized carbons (Fsp3) is 0.898. The molecule has 0 heterocycles.